The van der Waals surface area contributed by atoms with Crippen molar-refractivity contribution in [3.63, 3.8) is 0 Å². The topological polar surface area (TPSA) is 45.5 Å². The van der Waals surface area contributed by atoms with Crippen LogP contribution in [-0.2, 0) is 16.6 Å². The summed E-state index contributed by atoms with van der Waals surface area (Å²) in [5.41, 5.74) is 2.57. The number of nitrogens with zero attached hydrogens (tertiary/aromatic N) is 2. The number of benzene rings is 1. The number of nitriles is 1. The van der Waals surface area contributed by atoms with Gasteiger partial charge >= 0.3 is 0 Å². The van der Waals surface area contributed by atoms with Crippen LogP contribution in [0.4, 0.5) is 0 Å². The molecule has 2 bridgehead atoms. The van der Waals surface area contributed by atoms with Gasteiger partial charge in [0.1, 0.15) is 5.75 Å². The Hall–Kier alpha value is -1.73. The Kier molecular flexibility index (Phi) is 3.32. The summed E-state index contributed by atoms with van der Waals surface area (Å²) in [5, 5.41) is 9.63. The number of fused-ring (bicyclic) bond motifs is 1. The van der Waals surface area contributed by atoms with Crippen LogP contribution in [0.15, 0.2) is 18.2 Å². The van der Waals surface area contributed by atoms with Crippen molar-refractivity contribution in [3.05, 3.63) is 29.3 Å². The van der Waals surface area contributed by atoms with E-state index in [0.29, 0.717) is 0 Å². The number of ether oxygens (including phenoxy) is 2. The van der Waals surface area contributed by atoms with Crippen LogP contribution >= 0.6 is 0 Å². The van der Waals surface area contributed by atoms with Crippen LogP contribution in [0.3, 0.4) is 0 Å². The molecule has 0 spiro atoms. The molecule has 2 aliphatic heterocycles. The highest BCUT2D eigenvalue weighted by Gasteiger charge is 2.64. The van der Waals surface area contributed by atoms with Crippen LogP contribution in [0.25, 0.3) is 0 Å². The lowest BCUT2D eigenvalue weighted by atomic mass is 9.51. The van der Waals surface area contributed by atoms with E-state index >= 15 is 0 Å². The highest BCUT2D eigenvalue weighted by Crippen LogP contribution is 2.59. The molecule has 0 amide bonds. The zero-order chi connectivity index (χ0) is 16.1. The standard InChI is InChI=1S/C19H24N2O2/c1-3-19-17-11-14-5-6-15(22-2)12-16(14)18(19,7-4-10-23-19)8-9-21(17)13-20/h5-6,12,17H,3-4,7-11H2,1-2H3/t17-,18+,19+/m1/s1. The summed E-state index contributed by atoms with van der Waals surface area (Å²) in [6.07, 6.45) is 7.51. The van der Waals surface area contributed by atoms with Crippen molar-refractivity contribution in [2.75, 3.05) is 20.3 Å². The van der Waals surface area contributed by atoms with Crippen LogP contribution in [-0.4, -0.2) is 36.8 Å². The Bertz CT molecular complexity index is 668. The summed E-state index contributed by atoms with van der Waals surface area (Å²) >= 11 is 0. The van der Waals surface area contributed by atoms with Crippen molar-refractivity contribution in [2.45, 2.75) is 56.1 Å². The van der Waals surface area contributed by atoms with Gasteiger partial charge in [0, 0.05) is 18.6 Å². The first-order valence-corrected chi connectivity index (χ1v) is 8.68. The molecule has 3 atom stereocenters. The lowest BCUT2D eigenvalue weighted by Gasteiger charge is -2.64. The van der Waals surface area contributed by atoms with E-state index in [4.69, 9.17) is 9.47 Å². The van der Waals surface area contributed by atoms with Gasteiger partial charge in [0.25, 0.3) is 0 Å². The minimum absolute atomic E-state index is 0.0279. The fourth-order valence-electron chi connectivity index (χ4n) is 5.53. The zero-order valence-electron chi connectivity index (χ0n) is 14.0. The monoisotopic (exact) mass is 312 g/mol. The molecule has 4 nitrogen and oxygen atoms in total. The summed E-state index contributed by atoms with van der Waals surface area (Å²) in [6.45, 7) is 3.87. The molecule has 0 unspecified atom stereocenters. The molecule has 122 valence electrons. The van der Waals surface area contributed by atoms with Gasteiger partial charge in [0.05, 0.1) is 18.8 Å². The van der Waals surface area contributed by atoms with Crippen molar-refractivity contribution < 1.29 is 9.47 Å². The van der Waals surface area contributed by atoms with Gasteiger partial charge < -0.3 is 14.4 Å². The van der Waals surface area contributed by atoms with Crippen LogP contribution in [0.2, 0.25) is 0 Å². The first-order chi connectivity index (χ1) is 11.2. The average molecular weight is 312 g/mol. The predicted octanol–water partition coefficient (Wildman–Crippen LogP) is 3.00. The van der Waals surface area contributed by atoms with Gasteiger partial charge in [-0.3, -0.25) is 0 Å². The lowest BCUT2D eigenvalue weighted by molar-refractivity contribution is -0.200. The van der Waals surface area contributed by atoms with Crippen molar-refractivity contribution in [2.24, 2.45) is 0 Å². The molecule has 0 radical (unpaired) electrons. The van der Waals surface area contributed by atoms with Gasteiger partial charge in [-0.2, -0.15) is 5.26 Å². The number of piperidine rings is 1. The molecular weight excluding hydrogens is 288 g/mol. The summed E-state index contributed by atoms with van der Waals surface area (Å²) in [6, 6.07) is 6.63. The number of likely N-dealkylation sites (tertiary alicyclic amines) is 1. The third-order valence-electron chi connectivity index (χ3n) is 6.51. The summed E-state index contributed by atoms with van der Waals surface area (Å²) in [5.74, 6) is 0.926. The Morgan fingerprint density at radius 2 is 2.30 bits per heavy atom. The maximum atomic E-state index is 9.63. The molecule has 2 saturated heterocycles. The maximum Gasteiger partial charge on any atom is 0.179 e. The number of hydrogen-bond donors (Lipinski definition) is 0. The molecular formula is C19H24N2O2. The van der Waals surface area contributed by atoms with Crippen LogP contribution in [0, 0.1) is 11.5 Å². The van der Waals surface area contributed by atoms with E-state index in [1.165, 1.54) is 11.1 Å². The fourth-order valence-corrected chi connectivity index (χ4v) is 5.53. The summed E-state index contributed by atoms with van der Waals surface area (Å²) < 4.78 is 12.0. The Morgan fingerprint density at radius 3 is 3.04 bits per heavy atom. The molecule has 1 aromatic carbocycles. The van der Waals surface area contributed by atoms with E-state index in [9.17, 15) is 5.26 Å². The molecule has 23 heavy (non-hydrogen) atoms. The highest BCUT2D eigenvalue weighted by molar-refractivity contribution is 5.48. The molecule has 1 aliphatic carbocycles. The summed E-state index contributed by atoms with van der Waals surface area (Å²) in [7, 11) is 1.73. The van der Waals surface area contributed by atoms with E-state index in [1.807, 2.05) is 11.0 Å². The molecule has 4 heteroatoms. The quantitative estimate of drug-likeness (QED) is 0.788. The van der Waals surface area contributed by atoms with E-state index < -0.39 is 0 Å². The first kappa shape index (κ1) is 14.8. The Labute approximate surface area is 138 Å². The second kappa shape index (κ2) is 5.14. The molecule has 1 aromatic rings. The molecule has 2 fully saturated rings. The largest absolute Gasteiger partial charge is 0.497 e. The van der Waals surface area contributed by atoms with Crippen molar-refractivity contribution in [1.29, 1.82) is 5.26 Å². The number of methoxy groups -OCH3 is 1. The average Bonchev–Trinajstić information content (AvgIpc) is 2.61. The van der Waals surface area contributed by atoms with E-state index in [0.717, 1.165) is 51.0 Å². The minimum atomic E-state index is -0.238. The predicted molar refractivity (Wildman–Crippen MR) is 87.3 cm³/mol. The Morgan fingerprint density at radius 1 is 1.43 bits per heavy atom. The highest BCUT2D eigenvalue weighted by atomic mass is 16.5. The van der Waals surface area contributed by atoms with Gasteiger partial charge in [-0.1, -0.05) is 13.0 Å². The normalized spacial score (nSPS) is 35.0. The Balaban J connectivity index is 1.95. The zero-order valence-corrected chi connectivity index (χ0v) is 14.0. The number of rotatable bonds is 2. The van der Waals surface area contributed by atoms with Crippen LogP contribution < -0.4 is 4.74 Å². The van der Waals surface area contributed by atoms with Gasteiger partial charge in [0.15, 0.2) is 6.19 Å². The fraction of sp³-hybridized carbons (Fsp3) is 0.632. The van der Waals surface area contributed by atoms with Crippen molar-refractivity contribution in [1.82, 2.24) is 4.90 Å². The molecule has 3 aliphatic rings. The van der Waals surface area contributed by atoms with Crippen molar-refractivity contribution >= 4 is 0 Å². The van der Waals surface area contributed by atoms with Gasteiger partial charge in [-0.05, 0) is 55.4 Å². The van der Waals surface area contributed by atoms with Crippen LogP contribution in [0.1, 0.15) is 43.7 Å². The second-order valence-corrected chi connectivity index (χ2v) is 7.06. The molecule has 0 aromatic heterocycles. The van der Waals surface area contributed by atoms with Crippen molar-refractivity contribution in [3.8, 4) is 11.9 Å². The first-order valence-electron chi connectivity index (χ1n) is 8.68. The summed E-state index contributed by atoms with van der Waals surface area (Å²) in [4.78, 5) is 1.97. The molecule has 0 N–H and O–H groups in total. The van der Waals surface area contributed by atoms with Gasteiger partial charge in [0.2, 0.25) is 0 Å². The third-order valence-corrected chi connectivity index (χ3v) is 6.51. The molecule has 2 heterocycles. The lowest BCUT2D eigenvalue weighted by Crippen LogP contribution is -2.72. The molecule has 0 saturated carbocycles. The minimum Gasteiger partial charge on any atom is -0.497 e. The molecule has 4 rings (SSSR count). The SMILES string of the molecule is CC[C@@]12OCCC[C@@]13CCN(C#N)[C@@H]2Cc1ccc(OC)cc13. The van der Waals surface area contributed by atoms with E-state index in [-0.39, 0.29) is 17.1 Å². The van der Waals surface area contributed by atoms with E-state index in [1.54, 1.807) is 7.11 Å². The second-order valence-electron chi connectivity index (χ2n) is 7.06. The smallest absolute Gasteiger partial charge is 0.179 e. The van der Waals surface area contributed by atoms with Gasteiger partial charge in [-0.25, -0.2) is 0 Å². The third kappa shape index (κ3) is 1.74. The van der Waals surface area contributed by atoms with Crippen LogP contribution in [0.5, 0.6) is 5.75 Å². The maximum absolute atomic E-state index is 9.63. The van der Waals surface area contributed by atoms with Gasteiger partial charge in [-0.15, -0.1) is 0 Å². The number of hydrogen-bond acceptors (Lipinski definition) is 4. The van der Waals surface area contributed by atoms with E-state index in [2.05, 4.69) is 25.2 Å².